The minimum absolute atomic E-state index is 0.00806. The van der Waals surface area contributed by atoms with Gasteiger partial charge in [-0.05, 0) is 33.6 Å². The Morgan fingerprint density at radius 1 is 1.29 bits per heavy atom. The van der Waals surface area contributed by atoms with E-state index in [-0.39, 0.29) is 12.2 Å². The molecule has 1 saturated carbocycles. The van der Waals surface area contributed by atoms with Crippen LogP contribution in [0.1, 0.15) is 33.6 Å². The third-order valence-corrected chi connectivity index (χ3v) is 3.24. The van der Waals surface area contributed by atoms with Gasteiger partial charge in [-0.25, -0.2) is 4.39 Å². The highest BCUT2D eigenvalue weighted by Gasteiger charge is 2.50. The van der Waals surface area contributed by atoms with Crippen molar-refractivity contribution in [2.24, 2.45) is 0 Å². The molecule has 2 nitrogen and oxygen atoms in total. The summed E-state index contributed by atoms with van der Waals surface area (Å²) in [6.45, 7) is 7.56. The molecule has 0 aromatic rings. The van der Waals surface area contributed by atoms with Gasteiger partial charge in [-0.3, -0.25) is 4.90 Å². The molecule has 1 heterocycles. The van der Waals surface area contributed by atoms with Gasteiger partial charge in [0.1, 0.15) is 5.67 Å². The molecule has 2 aliphatic rings. The maximum absolute atomic E-state index is 13.9. The monoisotopic (exact) mass is 201 g/mol. The Hall–Kier alpha value is -0.150. The van der Waals surface area contributed by atoms with Gasteiger partial charge in [0.2, 0.25) is 0 Å². The van der Waals surface area contributed by atoms with Gasteiger partial charge in [0.05, 0.1) is 12.2 Å². The number of ether oxygens (including phenoxy) is 1. The zero-order valence-corrected chi connectivity index (χ0v) is 9.35. The Bertz CT molecular complexity index is 215. The fourth-order valence-corrected chi connectivity index (χ4v) is 2.05. The van der Waals surface area contributed by atoms with E-state index in [1.165, 1.54) is 0 Å². The highest BCUT2D eigenvalue weighted by Crippen LogP contribution is 2.43. The van der Waals surface area contributed by atoms with Crippen LogP contribution in [-0.4, -0.2) is 41.9 Å². The molecule has 2 fully saturated rings. The second kappa shape index (κ2) is 3.17. The van der Waals surface area contributed by atoms with Crippen LogP contribution >= 0.6 is 0 Å². The van der Waals surface area contributed by atoms with Crippen LogP contribution < -0.4 is 0 Å². The van der Waals surface area contributed by atoms with Crippen LogP contribution in [-0.2, 0) is 4.74 Å². The summed E-state index contributed by atoms with van der Waals surface area (Å²) >= 11 is 0. The zero-order valence-electron chi connectivity index (χ0n) is 9.35. The molecule has 1 aliphatic carbocycles. The molecule has 3 heteroatoms. The number of halogens is 1. The van der Waals surface area contributed by atoms with E-state index in [2.05, 4.69) is 18.7 Å². The SMILES string of the molecule is CC(C)N1CC2(CC2)OC[C@](C)(F)C1. The molecule has 1 atom stereocenters. The highest BCUT2D eigenvalue weighted by atomic mass is 19.1. The molecule has 0 aromatic heterocycles. The van der Waals surface area contributed by atoms with E-state index in [9.17, 15) is 4.39 Å². The molecule has 0 N–H and O–H groups in total. The Morgan fingerprint density at radius 3 is 2.43 bits per heavy atom. The zero-order chi connectivity index (χ0) is 10.4. The van der Waals surface area contributed by atoms with Gasteiger partial charge in [-0.2, -0.15) is 0 Å². The van der Waals surface area contributed by atoms with Crippen molar-refractivity contribution >= 4 is 0 Å². The predicted molar refractivity (Wildman–Crippen MR) is 54.1 cm³/mol. The molecule has 2 rings (SSSR count). The number of hydrogen-bond acceptors (Lipinski definition) is 2. The van der Waals surface area contributed by atoms with E-state index in [4.69, 9.17) is 4.74 Å². The molecule has 14 heavy (non-hydrogen) atoms. The van der Waals surface area contributed by atoms with Gasteiger partial charge in [0.15, 0.2) is 0 Å². The first-order chi connectivity index (χ1) is 6.43. The lowest BCUT2D eigenvalue weighted by molar-refractivity contribution is -0.00973. The van der Waals surface area contributed by atoms with Crippen LogP contribution in [0.2, 0.25) is 0 Å². The molecule has 0 bridgehead atoms. The quantitative estimate of drug-likeness (QED) is 0.643. The molecule has 82 valence electrons. The average Bonchev–Trinajstić information content (AvgIpc) is 2.82. The Morgan fingerprint density at radius 2 is 1.93 bits per heavy atom. The highest BCUT2D eigenvalue weighted by molar-refractivity contribution is 5.02. The van der Waals surface area contributed by atoms with E-state index in [1.54, 1.807) is 6.92 Å². The lowest BCUT2D eigenvalue weighted by Gasteiger charge is -2.29. The minimum atomic E-state index is -1.18. The van der Waals surface area contributed by atoms with Gasteiger partial charge >= 0.3 is 0 Å². The van der Waals surface area contributed by atoms with E-state index in [1.807, 2.05) is 0 Å². The summed E-state index contributed by atoms with van der Waals surface area (Å²) in [4.78, 5) is 2.21. The van der Waals surface area contributed by atoms with Crippen molar-refractivity contribution < 1.29 is 9.13 Å². The van der Waals surface area contributed by atoms with Crippen LogP contribution in [0.3, 0.4) is 0 Å². The number of hydrogen-bond donors (Lipinski definition) is 0. The molecule has 1 saturated heterocycles. The lowest BCUT2D eigenvalue weighted by Crippen LogP contribution is -2.43. The minimum Gasteiger partial charge on any atom is -0.370 e. The van der Waals surface area contributed by atoms with Crippen molar-refractivity contribution in [2.75, 3.05) is 19.7 Å². The van der Waals surface area contributed by atoms with Crippen LogP contribution in [0.4, 0.5) is 4.39 Å². The molecule has 0 radical (unpaired) electrons. The van der Waals surface area contributed by atoms with Crippen molar-refractivity contribution in [2.45, 2.75) is 50.9 Å². The summed E-state index contributed by atoms with van der Waals surface area (Å²) in [5.41, 5.74) is -1.18. The van der Waals surface area contributed by atoms with Crippen LogP contribution in [0.25, 0.3) is 0 Å². The van der Waals surface area contributed by atoms with E-state index >= 15 is 0 Å². The Labute approximate surface area is 85.4 Å². The van der Waals surface area contributed by atoms with Gasteiger partial charge in [0.25, 0.3) is 0 Å². The van der Waals surface area contributed by atoms with Gasteiger partial charge < -0.3 is 4.74 Å². The van der Waals surface area contributed by atoms with Crippen LogP contribution in [0.5, 0.6) is 0 Å². The number of nitrogens with zero attached hydrogens (tertiary/aromatic N) is 1. The molecule has 0 amide bonds. The third-order valence-electron chi connectivity index (χ3n) is 3.24. The van der Waals surface area contributed by atoms with Gasteiger partial charge in [0, 0.05) is 19.1 Å². The maximum atomic E-state index is 13.9. The summed E-state index contributed by atoms with van der Waals surface area (Å²) in [7, 11) is 0. The largest absolute Gasteiger partial charge is 0.370 e. The summed E-state index contributed by atoms with van der Waals surface area (Å²) in [6, 6.07) is 0.407. The van der Waals surface area contributed by atoms with E-state index < -0.39 is 5.67 Å². The van der Waals surface area contributed by atoms with Gasteiger partial charge in [-0.15, -0.1) is 0 Å². The molecule has 0 unspecified atom stereocenters. The van der Waals surface area contributed by atoms with Crippen LogP contribution in [0, 0.1) is 0 Å². The Kier molecular flexibility index (Phi) is 2.35. The summed E-state index contributed by atoms with van der Waals surface area (Å²) in [5.74, 6) is 0. The van der Waals surface area contributed by atoms with E-state index in [0.717, 1.165) is 19.4 Å². The predicted octanol–water partition coefficient (Wildman–Crippen LogP) is 1.99. The second-order valence-corrected chi connectivity index (χ2v) is 5.38. The fraction of sp³-hybridized carbons (Fsp3) is 1.00. The van der Waals surface area contributed by atoms with Crippen molar-refractivity contribution in [3.63, 3.8) is 0 Å². The van der Waals surface area contributed by atoms with Crippen LogP contribution in [0.15, 0.2) is 0 Å². The van der Waals surface area contributed by atoms with E-state index in [0.29, 0.717) is 12.6 Å². The third kappa shape index (κ3) is 2.09. The lowest BCUT2D eigenvalue weighted by atomic mass is 10.1. The number of rotatable bonds is 1. The first-order valence-electron chi connectivity index (χ1n) is 5.49. The maximum Gasteiger partial charge on any atom is 0.144 e. The first-order valence-corrected chi connectivity index (χ1v) is 5.49. The molecule has 1 aliphatic heterocycles. The molecule has 0 aromatic carbocycles. The normalized spacial score (nSPS) is 37.5. The first kappa shape index (κ1) is 10.4. The molecular formula is C11H20FNO. The van der Waals surface area contributed by atoms with Crippen molar-refractivity contribution in [1.82, 2.24) is 4.90 Å². The smallest absolute Gasteiger partial charge is 0.144 e. The molecule has 1 spiro atoms. The standard InChI is InChI=1S/C11H20FNO/c1-9(2)13-6-10(3,12)8-14-11(7-13)4-5-11/h9H,4-8H2,1-3H3/t10-/m1/s1. The average molecular weight is 201 g/mol. The topological polar surface area (TPSA) is 12.5 Å². The van der Waals surface area contributed by atoms with Crippen molar-refractivity contribution in [1.29, 1.82) is 0 Å². The fourth-order valence-electron chi connectivity index (χ4n) is 2.05. The van der Waals surface area contributed by atoms with Gasteiger partial charge in [-0.1, -0.05) is 0 Å². The Balaban J connectivity index is 2.09. The van der Waals surface area contributed by atoms with Crippen molar-refractivity contribution in [3.8, 4) is 0 Å². The summed E-state index contributed by atoms with van der Waals surface area (Å²) < 4.78 is 19.6. The summed E-state index contributed by atoms with van der Waals surface area (Å²) in [6.07, 6.45) is 2.21. The molecular weight excluding hydrogens is 181 g/mol. The summed E-state index contributed by atoms with van der Waals surface area (Å²) in [5, 5.41) is 0. The van der Waals surface area contributed by atoms with Crippen molar-refractivity contribution in [3.05, 3.63) is 0 Å². The number of alkyl halides is 1. The second-order valence-electron chi connectivity index (χ2n) is 5.38.